The molecule has 0 bridgehead atoms. The summed E-state index contributed by atoms with van der Waals surface area (Å²) in [5, 5.41) is 1.70. The number of aryl methyl sites for hydroxylation is 4. The molecule has 0 N–H and O–H groups in total. The molecule has 1 aliphatic carbocycles. The Hall–Kier alpha value is -3.81. The fraction of sp³-hybridized carbons (Fsp3) is 0.262. The van der Waals surface area contributed by atoms with Crippen molar-refractivity contribution in [3.8, 4) is 22.5 Å². The van der Waals surface area contributed by atoms with Gasteiger partial charge in [0.05, 0.1) is 21.1 Å². The molecule has 0 atom stereocenters. The van der Waals surface area contributed by atoms with E-state index in [1.165, 1.54) is 28.3 Å². The first-order valence-electron chi connectivity index (χ1n) is 17.5. The van der Waals surface area contributed by atoms with E-state index in [0.717, 1.165) is 59.3 Å². The molecule has 1 aliphatic heterocycles. The first-order valence-corrected chi connectivity index (χ1v) is 20.7. The molecule has 0 saturated heterocycles. The van der Waals surface area contributed by atoms with Crippen LogP contribution < -0.4 is 44.4 Å². The van der Waals surface area contributed by atoms with Crippen molar-refractivity contribution in [1.29, 1.82) is 0 Å². The predicted octanol–water partition coefficient (Wildman–Crippen LogP) is 5.57. The zero-order valence-corrected chi connectivity index (χ0v) is 35.8. The minimum absolute atomic E-state index is 0. The molecule has 2 aliphatic rings. The number of hydrogen-bond donors (Lipinski definition) is 0. The van der Waals surface area contributed by atoms with Gasteiger partial charge in [0.2, 0.25) is 11.0 Å². The van der Waals surface area contributed by atoms with Crippen molar-refractivity contribution in [3.05, 3.63) is 125 Å². The van der Waals surface area contributed by atoms with Crippen molar-refractivity contribution in [1.82, 2.24) is 4.58 Å². The molecule has 0 aromatic heterocycles. The van der Waals surface area contributed by atoms with Crippen LogP contribution in [0.25, 0.3) is 33.4 Å². The number of nitrogens with zero attached hydrogens (tertiary/aromatic N) is 2. The maximum absolute atomic E-state index is 12.6. The van der Waals surface area contributed by atoms with Crippen LogP contribution in [0.2, 0.25) is 0 Å². The van der Waals surface area contributed by atoms with Gasteiger partial charge in [-0.05, 0) is 69.5 Å². The Kier molecular flexibility index (Phi) is 14.1. The van der Waals surface area contributed by atoms with Crippen molar-refractivity contribution in [2.24, 2.45) is 0 Å². The van der Waals surface area contributed by atoms with E-state index >= 15 is 0 Å². The van der Waals surface area contributed by atoms with Gasteiger partial charge in [-0.3, -0.25) is 0 Å². The van der Waals surface area contributed by atoms with E-state index in [9.17, 15) is 13.0 Å². The van der Waals surface area contributed by atoms with Gasteiger partial charge in [0.1, 0.15) is 28.0 Å². The molecule has 0 radical (unpaired) electrons. The Bertz CT molecular complexity index is 2520. The molecule has 1 heterocycles. The Morgan fingerprint density at radius 2 is 1.30 bits per heavy atom. The van der Waals surface area contributed by atoms with Crippen LogP contribution in [0.5, 0.6) is 0 Å². The van der Waals surface area contributed by atoms with E-state index in [-0.39, 0.29) is 34.5 Å². The van der Waals surface area contributed by atoms with Gasteiger partial charge in [-0.15, -0.1) is 0 Å². The van der Waals surface area contributed by atoms with Crippen molar-refractivity contribution < 1.29 is 59.9 Å². The Morgan fingerprint density at radius 1 is 0.704 bits per heavy atom. The van der Waals surface area contributed by atoms with Crippen molar-refractivity contribution in [3.63, 3.8) is 0 Å². The Labute approximate surface area is 341 Å². The fourth-order valence-corrected chi connectivity index (χ4v) is 7.72. The Balaban J connectivity index is 0.00000102. The molecular weight excluding hydrogens is 732 g/mol. The van der Waals surface area contributed by atoms with Crippen LogP contribution in [0.3, 0.4) is 0 Å². The van der Waals surface area contributed by atoms with Gasteiger partial charge in [0.15, 0.2) is 0 Å². The van der Waals surface area contributed by atoms with Crippen LogP contribution in [0.4, 0.5) is 17.1 Å². The summed E-state index contributed by atoms with van der Waals surface area (Å²) in [5.74, 6) is 0.603. The summed E-state index contributed by atoms with van der Waals surface area (Å²) in [6.45, 7) is 14.4. The average molecular weight is 777 g/mol. The summed E-state index contributed by atoms with van der Waals surface area (Å²) in [7, 11) is -8.68. The van der Waals surface area contributed by atoms with E-state index in [0.29, 0.717) is 28.7 Å². The number of rotatable bonds is 9. The number of hydrogen-bond acceptors (Lipinski definition) is 8. The zero-order chi connectivity index (χ0) is 38.7. The molecule has 4 aromatic rings. The zero-order valence-electron chi connectivity index (χ0n) is 32.1. The summed E-state index contributed by atoms with van der Waals surface area (Å²) >= 11 is 0. The number of benzene rings is 5. The summed E-state index contributed by atoms with van der Waals surface area (Å²) < 4.78 is 74.1. The molecule has 0 fully saturated rings. The largest absolute Gasteiger partial charge is 1.00 e. The Morgan fingerprint density at radius 3 is 1.87 bits per heavy atom. The average Bonchev–Trinajstić information content (AvgIpc) is 3.08. The van der Waals surface area contributed by atoms with E-state index in [2.05, 4.69) is 99.5 Å². The van der Waals surface area contributed by atoms with Crippen LogP contribution in [0, 0.1) is 27.7 Å². The van der Waals surface area contributed by atoms with E-state index in [1.54, 1.807) is 18.2 Å². The third kappa shape index (κ3) is 9.70. The van der Waals surface area contributed by atoms with Crippen LogP contribution >= 0.6 is 0 Å². The maximum Gasteiger partial charge on any atom is 1.00 e. The molecule has 0 saturated carbocycles. The molecule has 0 spiro atoms. The molecule has 278 valence electrons. The van der Waals surface area contributed by atoms with Crippen molar-refractivity contribution >= 4 is 48.3 Å². The fourth-order valence-electron chi connectivity index (χ4n) is 7.03. The van der Waals surface area contributed by atoms with Gasteiger partial charge < -0.3 is 18.4 Å². The molecule has 0 amide bonds. The van der Waals surface area contributed by atoms with Crippen molar-refractivity contribution in [2.45, 2.75) is 59.3 Å². The van der Waals surface area contributed by atoms with Crippen LogP contribution in [-0.4, -0.2) is 45.3 Å². The standard InChI is InChI=1S/C41H42N2O4S.CH4O3S.Na/c1-7-23-42(40-27(3)13-11-14-28(40)4)31-19-21-33-36(25-31)47-37-26-32(43(24-8-2)41-29(5)15-12-16-30(41)6)20-22-34(37)39(33)35-17-9-10-18-38(35)48(44,45)46;1-5(2,3)4;/h9-22,25-26H,7-8,23-24H2,1-6H3;1H3,(H,2,3,4);/q;;+1/p-1. The van der Waals surface area contributed by atoms with E-state index < -0.39 is 20.2 Å². The summed E-state index contributed by atoms with van der Waals surface area (Å²) in [5.41, 5.74) is 10.4. The topological polar surface area (TPSA) is 134 Å². The number of para-hydroxylation sites is 2. The SMILES string of the molecule is CCCN(c1ccc2c(-c3ccccc3S(=O)(=O)[O-])c3ccc(=[N+](CCC)c4c(C)cccc4C)cc-3oc2c1)c1c(C)cccc1C.CS(=O)(=O)[O-].[Na+]. The minimum Gasteiger partial charge on any atom is -0.748 e. The first kappa shape index (κ1) is 42.9. The van der Waals surface area contributed by atoms with Crippen LogP contribution in [0.15, 0.2) is 106 Å². The quantitative estimate of drug-likeness (QED) is 0.0806. The first-order chi connectivity index (χ1) is 25.0. The van der Waals surface area contributed by atoms with Gasteiger partial charge in [0.25, 0.3) is 0 Å². The normalized spacial score (nSPS) is 12.2. The predicted molar refractivity (Wildman–Crippen MR) is 211 cm³/mol. The third-order valence-electron chi connectivity index (χ3n) is 9.05. The molecule has 6 rings (SSSR count). The second-order valence-electron chi connectivity index (χ2n) is 13.3. The smallest absolute Gasteiger partial charge is 0.748 e. The molecule has 0 unspecified atom stereocenters. The van der Waals surface area contributed by atoms with Gasteiger partial charge in [-0.25, -0.2) is 16.8 Å². The van der Waals surface area contributed by atoms with Gasteiger partial charge in [-0.1, -0.05) is 68.4 Å². The summed E-state index contributed by atoms with van der Waals surface area (Å²) in [6, 6.07) is 31.3. The molecule has 4 aromatic carbocycles. The van der Waals surface area contributed by atoms with Crippen LogP contribution in [0.1, 0.15) is 48.9 Å². The molecular formula is C42H45N2NaO7S2. The molecule has 12 heteroatoms. The van der Waals surface area contributed by atoms with Gasteiger partial charge in [-0.2, -0.15) is 4.58 Å². The second-order valence-corrected chi connectivity index (χ2v) is 16.0. The van der Waals surface area contributed by atoms with Crippen molar-refractivity contribution in [2.75, 3.05) is 24.2 Å². The van der Waals surface area contributed by atoms with Gasteiger partial charge >= 0.3 is 29.6 Å². The maximum atomic E-state index is 12.6. The molecule has 9 nitrogen and oxygen atoms in total. The summed E-state index contributed by atoms with van der Waals surface area (Å²) in [6.07, 6.45) is 2.48. The van der Waals surface area contributed by atoms with Crippen LogP contribution in [-0.2, 0) is 20.2 Å². The second kappa shape index (κ2) is 17.8. The van der Waals surface area contributed by atoms with E-state index in [4.69, 9.17) is 17.4 Å². The monoisotopic (exact) mass is 776 g/mol. The minimum atomic E-state index is -4.77. The number of fused-ring (bicyclic) bond motifs is 2. The summed E-state index contributed by atoms with van der Waals surface area (Å²) in [4.78, 5) is 2.07. The molecule has 54 heavy (non-hydrogen) atoms. The van der Waals surface area contributed by atoms with E-state index in [1.807, 2.05) is 24.3 Å². The van der Waals surface area contributed by atoms with Gasteiger partial charge in [0, 0.05) is 75.9 Å². The number of anilines is 2. The third-order valence-corrected chi connectivity index (χ3v) is 9.95.